The van der Waals surface area contributed by atoms with Gasteiger partial charge < -0.3 is 39.8 Å². The molecular formula is C81H163N3O10P+. The average molecular weight is 1370 g/mol. The third-order valence-electron chi connectivity index (χ3n) is 18.9. The first-order chi connectivity index (χ1) is 45.5. The first kappa shape index (κ1) is 95.4. The number of esters is 2. The Morgan fingerprint density at radius 2 is 0.811 bits per heavy atom. The van der Waals surface area contributed by atoms with Gasteiger partial charge in [0.1, 0.15) is 19.3 Å². The predicted molar refractivity (Wildman–Crippen MR) is 407 cm³/mol. The molecule has 0 aromatic carbocycles. The molecule has 0 aliphatic rings. The minimum atomic E-state index is -4.40. The van der Waals surface area contributed by atoms with Crippen LogP contribution >= 0.6 is 7.82 Å². The van der Waals surface area contributed by atoms with Crippen molar-refractivity contribution in [2.75, 3.05) is 79.9 Å². The second-order valence-corrected chi connectivity index (χ2v) is 32.6. The van der Waals surface area contributed by atoms with Gasteiger partial charge in [0.25, 0.3) is 0 Å². The zero-order chi connectivity index (χ0) is 71.1. The molecule has 566 valence electrons. The second-order valence-electron chi connectivity index (χ2n) is 31.2. The highest BCUT2D eigenvalue weighted by molar-refractivity contribution is 7.47. The molecule has 0 amide bonds. The third kappa shape index (κ3) is 70.6. The summed E-state index contributed by atoms with van der Waals surface area (Å²) in [6, 6.07) is 0. The van der Waals surface area contributed by atoms with Crippen LogP contribution in [0.3, 0.4) is 0 Å². The summed E-state index contributed by atoms with van der Waals surface area (Å²) in [5.41, 5.74) is 11.2. The molecule has 0 rings (SSSR count). The molecule has 0 aromatic heterocycles. The van der Waals surface area contributed by atoms with E-state index in [9.17, 15) is 19.0 Å². The van der Waals surface area contributed by atoms with Crippen LogP contribution in [0.15, 0.2) is 24.3 Å². The second kappa shape index (κ2) is 66.9. The number of phosphoric acid groups is 1. The Balaban J connectivity index is 0. The van der Waals surface area contributed by atoms with Gasteiger partial charge in [0.2, 0.25) is 0 Å². The van der Waals surface area contributed by atoms with Crippen LogP contribution in [0.2, 0.25) is 0 Å². The summed E-state index contributed by atoms with van der Waals surface area (Å²) in [5, 5.41) is 0. The van der Waals surface area contributed by atoms with Crippen LogP contribution in [0.25, 0.3) is 0 Å². The van der Waals surface area contributed by atoms with Crippen molar-refractivity contribution in [3.05, 3.63) is 24.3 Å². The fourth-order valence-corrected chi connectivity index (χ4v) is 13.2. The number of nitrogens with two attached hydrogens (primary N) is 2. The van der Waals surface area contributed by atoms with E-state index in [2.05, 4.69) is 115 Å². The van der Waals surface area contributed by atoms with Crippen LogP contribution < -0.4 is 11.5 Å². The number of phosphoric ester groups is 1. The molecule has 14 heteroatoms. The number of quaternary nitrogens is 1. The molecule has 0 heterocycles. The van der Waals surface area contributed by atoms with Gasteiger partial charge in [-0.05, 0) is 105 Å². The van der Waals surface area contributed by atoms with Crippen molar-refractivity contribution in [2.24, 2.45) is 58.8 Å². The van der Waals surface area contributed by atoms with Gasteiger partial charge in [0, 0.05) is 39.0 Å². The van der Waals surface area contributed by atoms with Gasteiger partial charge in [-0.25, -0.2) is 4.57 Å². The van der Waals surface area contributed by atoms with Gasteiger partial charge in [0.05, 0.1) is 40.5 Å². The lowest BCUT2D eigenvalue weighted by Gasteiger charge is -2.33. The van der Waals surface area contributed by atoms with E-state index in [0.717, 1.165) is 119 Å². The van der Waals surface area contributed by atoms with E-state index in [1.165, 1.54) is 199 Å². The molecule has 0 spiro atoms. The molecule has 9 unspecified atom stereocenters. The van der Waals surface area contributed by atoms with E-state index in [4.69, 9.17) is 39.5 Å². The molecule has 0 aromatic rings. The molecular weight excluding hydrogens is 1210 g/mol. The highest BCUT2D eigenvalue weighted by Gasteiger charge is 2.27. The van der Waals surface area contributed by atoms with Crippen LogP contribution in [0, 0.1) is 47.3 Å². The number of carbonyl (C=O) groups excluding carboxylic acids is 2. The molecule has 0 saturated heterocycles. The molecule has 0 aliphatic carbocycles. The number of allylic oxidation sites excluding steroid dienone is 4. The molecule has 9 atom stereocenters. The first-order valence-corrected chi connectivity index (χ1v) is 41.6. The summed E-state index contributed by atoms with van der Waals surface area (Å²) in [5.74, 6) is 3.95. The normalized spacial score (nSPS) is 15.4. The summed E-state index contributed by atoms with van der Waals surface area (Å²) < 4.78 is 46.8. The van der Waals surface area contributed by atoms with Crippen molar-refractivity contribution >= 4 is 19.8 Å². The molecule has 0 aliphatic heterocycles. The Morgan fingerprint density at radius 1 is 0.421 bits per heavy atom. The number of hydrogen-bond donors (Lipinski definition) is 3. The summed E-state index contributed by atoms with van der Waals surface area (Å²) >= 11 is 0. The van der Waals surface area contributed by atoms with Crippen molar-refractivity contribution in [1.82, 2.24) is 0 Å². The number of unbranched alkanes of at least 4 members (excludes halogenated alkanes) is 16. The Kier molecular flexibility index (Phi) is 67.1. The number of carbonyl (C=O) groups is 2. The van der Waals surface area contributed by atoms with E-state index in [0.29, 0.717) is 11.8 Å². The van der Waals surface area contributed by atoms with E-state index < -0.39 is 26.5 Å². The van der Waals surface area contributed by atoms with Gasteiger partial charge in [-0.1, -0.05) is 300 Å². The predicted octanol–water partition coefficient (Wildman–Crippen LogP) is 22.2. The van der Waals surface area contributed by atoms with E-state index in [-0.39, 0.29) is 56.5 Å². The summed E-state index contributed by atoms with van der Waals surface area (Å²) in [4.78, 5) is 35.7. The molecule has 95 heavy (non-hydrogen) atoms. The SMILES string of the molecule is CC(C)CCCC(C)CCCC(C)CCCC(C)CC(=O)OCC(COP(=O)(O)OCCN)OC(=O)CC(C)CCCC(C)CCCC(C)CCCC(C)C.CCCCC=CCCCCCCCCOCC(C[N+](C)(C)CCCN)OCCCCCCCCC=CCCCC. The lowest BCUT2D eigenvalue weighted by Crippen LogP contribution is -2.48. The Morgan fingerprint density at radius 3 is 1.23 bits per heavy atom. The van der Waals surface area contributed by atoms with Crippen LogP contribution in [0.1, 0.15) is 346 Å². The number of likely N-dealkylation sites (N-methyl/N-ethyl adjacent to an activating group) is 1. The first-order valence-electron chi connectivity index (χ1n) is 40.2. The Hall–Kier alpha value is -1.67. The minimum Gasteiger partial charge on any atom is -0.462 e. The van der Waals surface area contributed by atoms with Gasteiger partial charge in [-0.15, -0.1) is 0 Å². The maximum atomic E-state index is 12.9. The zero-order valence-electron chi connectivity index (χ0n) is 65.3. The zero-order valence-corrected chi connectivity index (χ0v) is 66.2. The maximum absolute atomic E-state index is 12.9. The lowest BCUT2D eigenvalue weighted by molar-refractivity contribution is -0.893. The van der Waals surface area contributed by atoms with Gasteiger partial charge in [0.15, 0.2) is 6.10 Å². The fraction of sp³-hybridized carbons (Fsp3) is 0.926. The fourth-order valence-electron chi connectivity index (χ4n) is 12.5. The van der Waals surface area contributed by atoms with Crippen LogP contribution in [-0.2, 0) is 42.1 Å². The highest BCUT2D eigenvalue weighted by atomic mass is 31.2. The molecule has 0 bridgehead atoms. The van der Waals surface area contributed by atoms with E-state index >= 15 is 0 Å². The highest BCUT2D eigenvalue weighted by Crippen LogP contribution is 2.43. The smallest absolute Gasteiger partial charge is 0.462 e. The number of nitrogens with zero attached hydrogens (tertiary/aromatic N) is 1. The van der Waals surface area contributed by atoms with Crippen molar-refractivity contribution in [3.8, 4) is 0 Å². The largest absolute Gasteiger partial charge is 0.472 e. The molecule has 0 fully saturated rings. The topological polar surface area (TPSA) is 179 Å². The quantitative estimate of drug-likeness (QED) is 0.0173. The van der Waals surface area contributed by atoms with Gasteiger partial charge in [-0.2, -0.15) is 0 Å². The lowest BCUT2D eigenvalue weighted by atomic mass is 9.91. The summed E-state index contributed by atoms with van der Waals surface area (Å²) in [6.45, 7) is 31.7. The van der Waals surface area contributed by atoms with Crippen molar-refractivity contribution in [3.63, 3.8) is 0 Å². The Bertz CT molecular complexity index is 1780. The summed E-state index contributed by atoms with van der Waals surface area (Å²) in [6.07, 6.45) is 58.0. The molecule has 5 N–H and O–H groups in total. The van der Waals surface area contributed by atoms with Crippen LogP contribution in [-0.4, -0.2) is 113 Å². The van der Waals surface area contributed by atoms with Crippen LogP contribution in [0.5, 0.6) is 0 Å². The molecule has 13 nitrogen and oxygen atoms in total. The van der Waals surface area contributed by atoms with Crippen molar-refractivity contribution in [1.29, 1.82) is 0 Å². The van der Waals surface area contributed by atoms with E-state index in [1.54, 1.807) is 0 Å². The standard InChI is InChI=1S/C45H90NO8P.C36H73N2O2/c1-35(2)17-11-19-37(5)21-13-23-39(7)25-15-27-41(9)31-44(47)51-33-43(34-53-55(49,50)52-30-29-46)54-45(48)32-42(10)28-16-26-40(8)24-14-22-38(6)20-12-18-36(3)4;1-5-7-9-11-13-15-17-19-21-23-25-27-32-39-35-36(34-38(3,4)31-29-30-37)40-33-28-26-24-22-20-18-16-14-12-10-8-6-2/h35-43H,11-34,46H2,1-10H3,(H,49,50);11-14,36H,5-10,15-35,37H2,1-4H3/q;+1. The van der Waals surface area contributed by atoms with Gasteiger partial charge >= 0.3 is 19.8 Å². The average Bonchev–Trinajstić information content (AvgIpc) is 2.47. The molecule has 0 saturated carbocycles. The van der Waals surface area contributed by atoms with Crippen LogP contribution in [0.4, 0.5) is 0 Å². The van der Waals surface area contributed by atoms with Crippen molar-refractivity contribution < 1.29 is 51.5 Å². The van der Waals surface area contributed by atoms with E-state index in [1.807, 2.05) is 6.92 Å². The van der Waals surface area contributed by atoms with Crippen molar-refractivity contribution in [2.45, 2.75) is 359 Å². The van der Waals surface area contributed by atoms with Gasteiger partial charge in [-0.3, -0.25) is 18.6 Å². The number of hydrogen-bond acceptors (Lipinski definition) is 11. The molecule has 0 radical (unpaired) electrons. The monoisotopic (exact) mass is 1370 g/mol. The Labute approximate surface area is 590 Å². The minimum absolute atomic E-state index is 0.0490. The number of rotatable bonds is 69. The number of ether oxygens (including phenoxy) is 4. The maximum Gasteiger partial charge on any atom is 0.472 e. The third-order valence-corrected chi connectivity index (χ3v) is 19.9. The summed E-state index contributed by atoms with van der Waals surface area (Å²) in [7, 11) is 0.191.